The van der Waals surface area contributed by atoms with Gasteiger partial charge in [0.2, 0.25) is 0 Å². The highest BCUT2D eigenvalue weighted by atomic mass is 127. The second-order valence-electron chi connectivity index (χ2n) is 11.0. The molecule has 0 aliphatic carbocycles. The SMILES string of the molecule is CC.CC.COC(=O)N1CCc2ccccc2C1.COC(=O)N1CCc2ccccc2C1c1ccc(CCCc2ccccc2)cc1.I. The molecule has 4 aromatic carbocycles. The van der Waals surface area contributed by atoms with Crippen molar-refractivity contribution in [3.05, 3.63) is 142 Å². The number of nitrogens with zero attached hydrogens (tertiary/aromatic N) is 2. The van der Waals surface area contributed by atoms with Crippen molar-refractivity contribution in [3.63, 3.8) is 0 Å². The molecule has 6 rings (SSSR count). The molecule has 2 amide bonds. The predicted octanol–water partition coefficient (Wildman–Crippen LogP) is 10.1. The van der Waals surface area contributed by atoms with Gasteiger partial charge in [0.15, 0.2) is 0 Å². The summed E-state index contributed by atoms with van der Waals surface area (Å²) in [6.07, 6.45) is 4.55. The summed E-state index contributed by atoms with van der Waals surface area (Å²) in [5.41, 5.74) is 8.92. The first-order valence-corrected chi connectivity index (χ1v) is 17.0. The van der Waals surface area contributed by atoms with E-state index in [-0.39, 0.29) is 42.2 Å². The molecule has 0 spiro atoms. The zero-order valence-electron chi connectivity index (χ0n) is 29.5. The quantitative estimate of drug-likeness (QED) is 0.190. The average Bonchev–Trinajstić information content (AvgIpc) is 3.16. The van der Waals surface area contributed by atoms with Crippen LogP contribution < -0.4 is 0 Å². The van der Waals surface area contributed by atoms with Crippen LogP contribution in [0.15, 0.2) is 103 Å². The molecule has 2 heterocycles. The van der Waals surface area contributed by atoms with E-state index in [1.165, 1.54) is 47.6 Å². The summed E-state index contributed by atoms with van der Waals surface area (Å²) in [7, 11) is 2.87. The van der Waals surface area contributed by atoms with Gasteiger partial charge in [-0.25, -0.2) is 9.59 Å². The van der Waals surface area contributed by atoms with Gasteiger partial charge in [0.25, 0.3) is 0 Å². The van der Waals surface area contributed by atoms with Crippen molar-refractivity contribution in [2.24, 2.45) is 0 Å². The number of hydrogen-bond donors (Lipinski definition) is 0. The predicted molar refractivity (Wildman–Crippen MR) is 207 cm³/mol. The number of methoxy groups -OCH3 is 2. The van der Waals surface area contributed by atoms with E-state index in [0.29, 0.717) is 13.1 Å². The van der Waals surface area contributed by atoms with Crippen LogP contribution in [0.1, 0.15) is 79.1 Å². The summed E-state index contributed by atoms with van der Waals surface area (Å²) in [6, 6.07) is 35.9. The van der Waals surface area contributed by atoms with Gasteiger partial charge < -0.3 is 14.4 Å². The highest BCUT2D eigenvalue weighted by Gasteiger charge is 2.32. The topological polar surface area (TPSA) is 59.1 Å². The van der Waals surface area contributed by atoms with E-state index in [9.17, 15) is 9.59 Å². The van der Waals surface area contributed by atoms with Crippen LogP contribution in [0.4, 0.5) is 9.59 Å². The van der Waals surface area contributed by atoms with Crippen molar-refractivity contribution in [2.75, 3.05) is 27.3 Å². The van der Waals surface area contributed by atoms with Gasteiger partial charge in [-0.2, -0.15) is 0 Å². The van der Waals surface area contributed by atoms with Gasteiger partial charge in [-0.1, -0.05) is 131 Å². The van der Waals surface area contributed by atoms with E-state index in [4.69, 9.17) is 9.47 Å². The Hall–Kier alpha value is -3.85. The average molecular weight is 765 g/mol. The van der Waals surface area contributed by atoms with Gasteiger partial charge in [-0.15, -0.1) is 24.0 Å². The number of carbonyl (C=O) groups excluding carboxylic acids is 2. The van der Waals surface area contributed by atoms with Crippen LogP contribution in [0.3, 0.4) is 0 Å². The van der Waals surface area contributed by atoms with E-state index < -0.39 is 0 Å². The number of ether oxygens (including phenoxy) is 2. The number of halogens is 1. The Bertz CT molecular complexity index is 1510. The lowest BCUT2D eigenvalue weighted by molar-refractivity contribution is 0.109. The minimum Gasteiger partial charge on any atom is -0.453 e. The maximum atomic E-state index is 12.4. The maximum Gasteiger partial charge on any atom is 0.410 e. The third-order valence-corrected chi connectivity index (χ3v) is 8.33. The van der Waals surface area contributed by atoms with Crippen LogP contribution in [0.5, 0.6) is 0 Å². The van der Waals surface area contributed by atoms with Crippen molar-refractivity contribution in [2.45, 2.75) is 72.4 Å². The molecule has 6 nitrogen and oxygen atoms in total. The normalized spacial score (nSPS) is 14.0. The lowest BCUT2D eigenvalue weighted by Gasteiger charge is -2.36. The Morgan fingerprint density at radius 1 is 0.625 bits per heavy atom. The summed E-state index contributed by atoms with van der Waals surface area (Å²) < 4.78 is 9.75. The van der Waals surface area contributed by atoms with Crippen LogP contribution in [0.2, 0.25) is 0 Å². The summed E-state index contributed by atoms with van der Waals surface area (Å²) in [5, 5.41) is 0. The van der Waals surface area contributed by atoms with E-state index in [1.54, 1.807) is 4.90 Å². The van der Waals surface area contributed by atoms with Gasteiger partial charge in [-0.05, 0) is 71.0 Å². The third-order valence-electron chi connectivity index (χ3n) is 8.33. The van der Waals surface area contributed by atoms with Crippen molar-refractivity contribution < 1.29 is 19.1 Å². The molecule has 0 aromatic heterocycles. The number of fused-ring (bicyclic) bond motifs is 2. The van der Waals surface area contributed by atoms with E-state index in [1.807, 2.05) is 50.8 Å². The smallest absolute Gasteiger partial charge is 0.410 e. The number of rotatable bonds is 5. The van der Waals surface area contributed by atoms with Gasteiger partial charge in [0.05, 0.1) is 20.3 Å². The minimum atomic E-state index is -0.267. The van der Waals surface area contributed by atoms with Gasteiger partial charge >= 0.3 is 12.2 Å². The van der Waals surface area contributed by atoms with Crippen molar-refractivity contribution >= 4 is 36.2 Å². The first-order valence-electron chi connectivity index (χ1n) is 17.0. The zero-order chi connectivity index (χ0) is 34.0. The number of carbonyl (C=O) groups is 2. The fraction of sp³-hybridized carbons (Fsp3) is 0.366. The Morgan fingerprint density at radius 2 is 1.15 bits per heavy atom. The molecule has 0 fully saturated rings. The molecule has 2 aliphatic rings. The number of benzene rings is 4. The largest absolute Gasteiger partial charge is 0.453 e. The Kier molecular flexibility index (Phi) is 18.4. The van der Waals surface area contributed by atoms with E-state index in [2.05, 4.69) is 84.9 Å². The first kappa shape index (κ1) is 40.3. The molecule has 1 atom stereocenters. The molecule has 0 bridgehead atoms. The molecular weight excluding hydrogens is 711 g/mol. The summed E-state index contributed by atoms with van der Waals surface area (Å²) >= 11 is 0. The standard InChI is InChI=1S/C26H27NO2.C11H13NO2.2C2H6.HI/c1-29-26(28)27-19-18-22-12-5-6-13-24(22)25(27)23-16-14-21(15-17-23)11-7-10-20-8-3-2-4-9-20;1-14-11(13)12-7-6-9-4-2-3-5-10(9)8-12;2*1-2;/h2-6,8-9,12-17,25H,7,10-11,18-19H2,1H3;2-5H,6-8H2,1H3;2*1-2H3;1H. The van der Waals surface area contributed by atoms with E-state index >= 15 is 0 Å². The van der Waals surface area contributed by atoms with Crippen molar-refractivity contribution in [3.8, 4) is 0 Å². The molecule has 7 heteroatoms. The van der Waals surface area contributed by atoms with Crippen LogP contribution in [-0.4, -0.2) is 49.3 Å². The zero-order valence-corrected chi connectivity index (χ0v) is 31.8. The highest BCUT2D eigenvalue weighted by molar-refractivity contribution is 14.0. The van der Waals surface area contributed by atoms with Crippen LogP contribution in [-0.2, 0) is 41.7 Å². The van der Waals surface area contributed by atoms with Crippen molar-refractivity contribution in [1.82, 2.24) is 9.80 Å². The Morgan fingerprint density at radius 3 is 1.77 bits per heavy atom. The molecule has 2 aliphatic heterocycles. The van der Waals surface area contributed by atoms with Crippen LogP contribution >= 0.6 is 24.0 Å². The summed E-state index contributed by atoms with van der Waals surface area (Å²) in [4.78, 5) is 27.3. The molecular formula is C41H53IN2O4. The van der Waals surface area contributed by atoms with Gasteiger partial charge in [0.1, 0.15) is 0 Å². The summed E-state index contributed by atoms with van der Waals surface area (Å²) in [6.45, 7) is 10.1. The monoisotopic (exact) mass is 764 g/mol. The lowest BCUT2D eigenvalue weighted by atomic mass is 9.88. The van der Waals surface area contributed by atoms with Gasteiger partial charge in [-0.3, -0.25) is 4.90 Å². The second-order valence-corrected chi connectivity index (χ2v) is 11.0. The molecule has 0 N–H and O–H groups in total. The molecule has 4 aromatic rings. The van der Waals surface area contributed by atoms with Crippen LogP contribution in [0.25, 0.3) is 0 Å². The molecule has 0 saturated carbocycles. The second kappa shape index (κ2) is 21.9. The van der Waals surface area contributed by atoms with Crippen LogP contribution in [0, 0.1) is 0 Å². The molecule has 48 heavy (non-hydrogen) atoms. The third kappa shape index (κ3) is 11.1. The lowest BCUT2D eigenvalue weighted by Crippen LogP contribution is -2.40. The highest BCUT2D eigenvalue weighted by Crippen LogP contribution is 2.35. The molecule has 0 radical (unpaired) electrons. The van der Waals surface area contributed by atoms with Gasteiger partial charge in [0, 0.05) is 19.6 Å². The fourth-order valence-electron chi connectivity index (χ4n) is 6.03. The Balaban J connectivity index is 0.000000354. The fourth-order valence-corrected chi connectivity index (χ4v) is 6.03. The van der Waals surface area contributed by atoms with E-state index in [0.717, 1.165) is 44.2 Å². The Labute approximate surface area is 305 Å². The molecule has 258 valence electrons. The number of hydrogen-bond acceptors (Lipinski definition) is 4. The minimum absolute atomic E-state index is 0. The van der Waals surface area contributed by atoms with Crippen molar-refractivity contribution in [1.29, 1.82) is 0 Å². The first-order chi connectivity index (χ1) is 23.1. The maximum absolute atomic E-state index is 12.4. The summed E-state index contributed by atoms with van der Waals surface area (Å²) in [5.74, 6) is 0. The molecule has 0 saturated heterocycles. The number of amides is 2. The molecule has 1 unspecified atom stereocenters. The number of aryl methyl sites for hydroxylation is 2.